The van der Waals surface area contributed by atoms with Crippen LogP contribution in [-0.4, -0.2) is 37.2 Å². The van der Waals surface area contributed by atoms with E-state index in [9.17, 15) is 8.42 Å². The van der Waals surface area contributed by atoms with E-state index >= 15 is 0 Å². The van der Waals surface area contributed by atoms with Crippen LogP contribution in [-0.2, 0) is 35.9 Å². The molecule has 2 heterocycles. The molecule has 1 atom stereocenters. The quantitative estimate of drug-likeness (QED) is 0.0869. The molecule has 0 saturated carbocycles. The van der Waals surface area contributed by atoms with Crippen LogP contribution in [0.15, 0.2) is 248 Å². The van der Waals surface area contributed by atoms with Gasteiger partial charge in [-0.2, -0.15) is 0 Å². The summed E-state index contributed by atoms with van der Waals surface area (Å²) in [5.41, 5.74) is 13.6. The first-order valence-electron chi connectivity index (χ1n) is 24.9. The Kier molecular flexibility index (Phi) is 17.5. The summed E-state index contributed by atoms with van der Waals surface area (Å²) in [6.45, 7) is 7.19. The zero-order chi connectivity index (χ0) is 52.2. The van der Waals surface area contributed by atoms with Crippen molar-refractivity contribution >= 4 is 51.7 Å². The van der Waals surface area contributed by atoms with E-state index in [1.807, 2.05) is 92.3 Å². The van der Waals surface area contributed by atoms with Crippen LogP contribution in [0.25, 0.3) is 0 Å². The number of ether oxygens (including phenoxy) is 2. The van der Waals surface area contributed by atoms with Gasteiger partial charge in [-0.05, 0) is 149 Å². The molecule has 0 spiro atoms. The highest BCUT2D eigenvalue weighted by atomic mass is 32.2. The van der Waals surface area contributed by atoms with Crippen molar-refractivity contribution in [3.8, 4) is 11.5 Å². The fourth-order valence-electron chi connectivity index (χ4n) is 8.65. The predicted octanol–water partition coefficient (Wildman–Crippen LogP) is 13.7. The highest BCUT2D eigenvalue weighted by molar-refractivity contribution is 7.99. The van der Waals surface area contributed by atoms with Crippen LogP contribution in [0.3, 0.4) is 0 Å². The van der Waals surface area contributed by atoms with Crippen LogP contribution in [0.5, 0.6) is 11.5 Å². The molecule has 75 heavy (non-hydrogen) atoms. The Morgan fingerprint density at radius 2 is 1.01 bits per heavy atom. The Balaban J connectivity index is 0.000000143. The normalized spacial score (nSPS) is 12.7. The van der Waals surface area contributed by atoms with Crippen LogP contribution >= 0.6 is 23.5 Å². The number of sulfone groups is 1. The van der Waals surface area contributed by atoms with Crippen LogP contribution in [0, 0.1) is 6.92 Å². The van der Waals surface area contributed by atoms with E-state index in [1.54, 1.807) is 48.2 Å². The standard InChI is InChI=1S/C28H24OS.C23H21NO2S2.C13H13BO3/c1-20(22-11-14-26(15-12-22)29-19-21-7-3-2-4-8-21)23-13-16-28-25(17-23)18-24-9-5-6-10-27(24)30-28;1-16-7-10-21(11-8-16)28(25,26)15-24-17(2)18-9-12-23-20(13-18)14-19-5-3-4-6-22(19)27-23;15-14(16)12-6-8-13(9-7-12)17-10-11-4-2-1-3-5-11/h2-17,20H,18-19H2,1H3;3-13H,14-15H2,1-2H3;1-9,15-16H,10H2. The van der Waals surface area contributed by atoms with Crippen molar-refractivity contribution < 1.29 is 27.9 Å². The van der Waals surface area contributed by atoms with Crippen LogP contribution in [0.4, 0.5) is 0 Å². The molecular weight excluding hydrogens is 986 g/mol. The second-order valence-electron chi connectivity index (χ2n) is 18.5. The molecule has 0 bridgehead atoms. The van der Waals surface area contributed by atoms with Crippen molar-refractivity contribution in [1.82, 2.24) is 0 Å². The lowest BCUT2D eigenvalue weighted by Gasteiger charge is -2.21. The lowest BCUT2D eigenvalue weighted by molar-refractivity contribution is 0.306. The van der Waals surface area contributed by atoms with Gasteiger partial charge in [0, 0.05) is 31.2 Å². The molecule has 9 aromatic rings. The third-order valence-corrected chi connectivity index (χ3v) is 17.0. The molecule has 2 aliphatic rings. The van der Waals surface area contributed by atoms with E-state index in [4.69, 9.17) is 19.5 Å². The minimum atomic E-state index is -3.43. The van der Waals surface area contributed by atoms with Gasteiger partial charge < -0.3 is 19.5 Å². The molecule has 0 amide bonds. The van der Waals surface area contributed by atoms with E-state index in [1.165, 1.54) is 58.5 Å². The molecule has 9 aromatic carbocycles. The first kappa shape index (κ1) is 52.7. The highest BCUT2D eigenvalue weighted by Crippen LogP contribution is 2.42. The number of fused-ring (bicyclic) bond motifs is 4. The lowest BCUT2D eigenvalue weighted by Crippen LogP contribution is -2.29. The summed E-state index contributed by atoms with van der Waals surface area (Å²) < 4.78 is 36.6. The maximum Gasteiger partial charge on any atom is 0.488 e. The summed E-state index contributed by atoms with van der Waals surface area (Å²) in [7, 11) is -4.86. The molecule has 0 fully saturated rings. The molecule has 7 nitrogen and oxygen atoms in total. The number of aliphatic imine (C=N–C) groups is 1. The second-order valence-corrected chi connectivity index (χ2v) is 22.7. The summed E-state index contributed by atoms with van der Waals surface area (Å²) in [4.78, 5) is 10.0. The monoisotopic (exact) mass is 1040 g/mol. The number of rotatable bonds is 13. The zero-order valence-corrected chi connectivity index (χ0v) is 44.6. The Morgan fingerprint density at radius 1 is 0.547 bits per heavy atom. The van der Waals surface area contributed by atoms with Gasteiger partial charge in [-0.1, -0.05) is 188 Å². The molecule has 2 N–H and O–H groups in total. The van der Waals surface area contributed by atoms with Crippen molar-refractivity contribution in [2.75, 3.05) is 5.88 Å². The molecule has 1 unspecified atom stereocenters. The highest BCUT2D eigenvalue weighted by Gasteiger charge is 2.20. The van der Waals surface area contributed by atoms with Gasteiger partial charge in [0.15, 0.2) is 9.84 Å². The Hall–Kier alpha value is -7.12. The molecule has 11 rings (SSSR count). The third-order valence-electron chi connectivity index (χ3n) is 13.1. The summed E-state index contributed by atoms with van der Waals surface area (Å²) >= 11 is 3.67. The fraction of sp³-hybridized carbons (Fsp3) is 0.141. The van der Waals surface area contributed by atoms with Crippen molar-refractivity contribution in [3.63, 3.8) is 0 Å². The van der Waals surface area contributed by atoms with Gasteiger partial charge in [0.2, 0.25) is 0 Å². The van der Waals surface area contributed by atoms with Gasteiger partial charge in [0.25, 0.3) is 0 Å². The maximum absolute atomic E-state index is 12.5. The van der Waals surface area contributed by atoms with Crippen molar-refractivity contribution in [2.24, 2.45) is 4.99 Å². The molecule has 0 radical (unpaired) electrons. The summed E-state index contributed by atoms with van der Waals surface area (Å²) in [5, 5.41) is 17.9. The summed E-state index contributed by atoms with van der Waals surface area (Å²) in [6.07, 6.45) is 1.91. The third kappa shape index (κ3) is 14.2. The first-order chi connectivity index (χ1) is 36.4. The largest absolute Gasteiger partial charge is 0.489 e. The molecule has 11 heteroatoms. The summed E-state index contributed by atoms with van der Waals surface area (Å²) in [5.74, 6) is 1.73. The van der Waals surface area contributed by atoms with Crippen molar-refractivity contribution in [1.29, 1.82) is 0 Å². The van der Waals surface area contributed by atoms with Gasteiger partial charge in [0.05, 0.1) is 4.90 Å². The molecular formula is C64H58BNO6S3. The number of benzene rings is 9. The fourth-order valence-corrected chi connectivity index (χ4v) is 11.8. The minimum Gasteiger partial charge on any atom is -0.489 e. The minimum absolute atomic E-state index is 0.240. The Labute approximate surface area is 450 Å². The number of hydrogen-bond donors (Lipinski definition) is 2. The van der Waals surface area contributed by atoms with Gasteiger partial charge in [-0.15, -0.1) is 0 Å². The molecule has 376 valence electrons. The first-order valence-corrected chi connectivity index (χ1v) is 28.2. The van der Waals surface area contributed by atoms with E-state index < -0.39 is 17.0 Å². The van der Waals surface area contributed by atoms with Crippen molar-refractivity contribution in [3.05, 3.63) is 274 Å². The zero-order valence-electron chi connectivity index (χ0n) is 42.2. The van der Waals surface area contributed by atoms with Crippen molar-refractivity contribution in [2.45, 2.75) is 77.2 Å². The van der Waals surface area contributed by atoms with Gasteiger partial charge in [-0.3, -0.25) is 4.99 Å². The van der Waals surface area contributed by atoms with Gasteiger partial charge in [-0.25, -0.2) is 8.42 Å². The topological polar surface area (TPSA) is 105 Å². The lowest BCUT2D eigenvalue weighted by atomic mass is 9.80. The molecule has 0 saturated heterocycles. The average molecular weight is 1040 g/mol. The predicted molar refractivity (Wildman–Crippen MR) is 307 cm³/mol. The van der Waals surface area contributed by atoms with Crippen LogP contribution in [0.2, 0.25) is 0 Å². The van der Waals surface area contributed by atoms with Crippen LogP contribution < -0.4 is 14.9 Å². The van der Waals surface area contributed by atoms with Gasteiger partial charge >= 0.3 is 7.12 Å². The van der Waals surface area contributed by atoms with E-state index in [2.05, 4.69) is 127 Å². The Bertz CT molecular complexity index is 3480. The van der Waals surface area contributed by atoms with E-state index in [-0.39, 0.29) is 5.88 Å². The van der Waals surface area contributed by atoms with E-state index in [0.29, 0.717) is 35.2 Å². The second kappa shape index (κ2) is 24.9. The molecule has 0 aliphatic carbocycles. The van der Waals surface area contributed by atoms with Crippen LogP contribution in [0.1, 0.15) is 75.4 Å². The van der Waals surface area contributed by atoms with Gasteiger partial charge in [0.1, 0.15) is 30.6 Å². The average Bonchev–Trinajstić information content (AvgIpc) is 3.45. The number of nitrogens with zero attached hydrogens (tertiary/aromatic N) is 1. The molecule has 0 aromatic heterocycles. The Morgan fingerprint density at radius 3 is 1.56 bits per heavy atom. The summed E-state index contributed by atoms with van der Waals surface area (Å²) in [6, 6.07) is 72.7. The number of aryl methyl sites for hydroxylation is 1. The number of hydrogen-bond acceptors (Lipinski definition) is 9. The smallest absolute Gasteiger partial charge is 0.488 e. The maximum atomic E-state index is 12.5. The van der Waals surface area contributed by atoms with E-state index in [0.717, 1.165) is 41.0 Å². The molecule has 2 aliphatic heterocycles. The SMILES string of the molecule is CC(=NCS(=O)(=O)c1ccc(C)cc1)c1ccc2c(c1)Cc1ccccc1S2.CC(c1ccc(OCc2ccccc2)cc1)c1ccc2c(c1)Cc1ccccc1S2.OB(O)c1ccc(OCc2ccccc2)cc1.